The summed E-state index contributed by atoms with van der Waals surface area (Å²) in [6.45, 7) is 9.72. The van der Waals surface area contributed by atoms with Gasteiger partial charge >= 0.3 is 5.97 Å². The van der Waals surface area contributed by atoms with E-state index in [9.17, 15) is 29.7 Å². The summed E-state index contributed by atoms with van der Waals surface area (Å²) in [7, 11) is 0. The zero-order chi connectivity index (χ0) is 24.4. The van der Waals surface area contributed by atoms with Crippen LogP contribution in [0.4, 0.5) is 0 Å². The Bertz CT molecular complexity index is 500. The predicted octanol–water partition coefficient (Wildman–Crippen LogP) is 1.44. The van der Waals surface area contributed by atoms with Gasteiger partial charge in [-0.05, 0) is 24.7 Å². The lowest BCUT2D eigenvalue weighted by molar-refractivity contribution is -0.137. The van der Waals surface area contributed by atoms with Crippen molar-refractivity contribution in [3.8, 4) is 0 Å². The second-order valence-electron chi connectivity index (χ2n) is 8.00. The van der Waals surface area contributed by atoms with Gasteiger partial charge in [0.25, 0.3) is 0 Å². The Morgan fingerprint density at radius 1 is 0.774 bits per heavy atom. The molecule has 0 radical (unpaired) electrons. The molecule has 0 rings (SSSR count). The number of aliphatic hydroxyl groups excluding tert-OH is 3. The number of rotatable bonds is 15. The molecule has 31 heavy (non-hydrogen) atoms. The molecule has 0 heterocycles. The van der Waals surface area contributed by atoms with Crippen LogP contribution in [0.1, 0.15) is 79.6 Å². The minimum Gasteiger partial charge on any atom is -0.481 e. The first kappa shape index (κ1) is 31.5. The summed E-state index contributed by atoms with van der Waals surface area (Å²) in [6, 6.07) is 0. The Balaban J connectivity index is 0. The van der Waals surface area contributed by atoms with Crippen molar-refractivity contribution in [3.63, 3.8) is 0 Å². The van der Waals surface area contributed by atoms with Gasteiger partial charge in [-0.15, -0.1) is 0 Å². The van der Waals surface area contributed by atoms with Gasteiger partial charge in [-0.25, -0.2) is 0 Å². The van der Waals surface area contributed by atoms with E-state index < -0.39 is 36.1 Å². The van der Waals surface area contributed by atoms with Crippen LogP contribution in [0.3, 0.4) is 0 Å². The van der Waals surface area contributed by atoms with Crippen LogP contribution in [0.2, 0.25) is 0 Å². The molecular weight excluding hydrogens is 404 g/mol. The molecule has 9 heteroatoms. The number of carboxylic acid groups (broad SMARTS) is 1. The first-order chi connectivity index (χ1) is 14.5. The lowest BCUT2D eigenvalue weighted by Gasteiger charge is -2.30. The van der Waals surface area contributed by atoms with Gasteiger partial charge in [0.05, 0.1) is 18.8 Å². The molecule has 0 aliphatic carbocycles. The molecule has 0 saturated carbocycles. The molecule has 0 aromatic carbocycles. The number of hydrogen-bond acceptors (Lipinski definition) is 6. The molecule has 2 amide bonds. The van der Waals surface area contributed by atoms with Crippen LogP contribution in [-0.4, -0.2) is 69.6 Å². The average molecular weight is 449 g/mol. The third-order valence-corrected chi connectivity index (χ3v) is 5.17. The lowest BCUT2D eigenvalue weighted by Crippen LogP contribution is -2.44. The SMILES string of the molecule is CCCC.CC[C@H](C)[C@@H](O)[C@H](O)[C@H](O)[C@H](C)CCC(=O)NCC(=O)NCCCC(=O)O. The predicted molar refractivity (Wildman–Crippen MR) is 119 cm³/mol. The Kier molecular flexibility index (Phi) is 19.3. The van der Waals surface area contributed by atoms with Crippen molar-refractivity contribution in [2.24, 2.45) is 11.8 Å². The number of hydrogen-bond donors (Lipinski definition) is 6. The van der Waals surface area contributed by atoms with Crippen LogP contribution < -0.4 is 10.6 Å². The van der Waals surface area contributed by atoms with Crippen molar-refractivity contribution in [1.82, 2.24) is 10.6 Å². The van der Waals surface area contributed by atoms with Crippen LogP contribution in [0, 0.1) is 11.8 Å². The van der Waals surface area contributed by atoms with Crippen LogP contribution >= 0.6 is 0 Å². The van der Waals surface area contributed by atoms with Crippen molar-refractivity contribution in [2.75, 3.05) is 13.1 Å². The number of carbonyl (C=O) groups is 3. The molecule has 6 N–H and O–H groups in total. The van der Waals surface area contributed by atoms with Crippen molar-refractivity contribution in [2.45, 2.75) is 97.9 Å². The number of carboxylic acids is 1. The van der Waals surface area contributed by atoms with Gasteiger partial charge in [-0.1, -0.05) is 53.9 Å². The van der Waals surface area contributed by atoms with Gasteiger partial charge in [-0.3, -0.25) is 14.4 Å². The van der Waals surface area contributed by atoms with Crippen molar-refractivity contribution >= 4 is 17.8 Å². The van der Waals surface area contributed by atoms with Gasteiger partial charge in [0.2, 0.25) is 11.8 Å². The number of carbonyl (C=O) groups excluding carboxylic acids is 2. The number of aliphatic hydroxyl groups is 3. The molecule has 0 saturated heterocycles. The highest BCUT2D eigenvalue weighted by Crippen LogP contribution is 2.20. The zero-order valence-corrected chi connectivity index (χ0v) is 19.8. The van der Waals surface area contributed by atoms with E-state index in [1.807, 2.05) is 6.92 Å². The van der Waals surface area contributed by atoms with E-state index in [1.54, 1.807) is 13.8 Å². The van der Waals surface area contributed by atoms with Crippen LogP contribution in [0.5, 0.6) is 0 Å². The fourth-order valence-electron chi connectivity index (χ4n) is 2.44. The number of nitrogens with one attached hydrogen (secondary N) is 2. The Morgan fingerprint density at radius 3 is 1.81 bits per heavy atom. The summed E-state index contributed by atoms with van der Waals surface area (Å²) in [5.74, 6) is -2.27. The van der Waals surface area contributed by atoms with Gasteiger partial charge in [-0.2, -0.15) is 0 Å². The van der Waals surface area contributed by atoms with Gasteiger partial charge in [0.1, 0.15) is 6.10 Å². The highest BCUT2D eigenvalue weighted by Gasteiger charge is 2.31. The average Bonchev–Trinajstić information content (AvgIpc) is 2.76. The quantitative estimate of drug-likeness (QED) is 0.207. The monoisotopic (exact) mass is 448 g/mol. The Hall–Kier alpha value is -1.71. The fraction of sp³-hybridized carbons (Fsp3) is 0.864. The fourth-order valence-corrected chi connectivity index (χ4v) is 2.44. The summed E-state index contributed by atoms with van der Waals surface area (Å²) in [6.07, 6.45) is 0.466. The molecule has 0 spiro atoms. The van der Waals surface area contributed by atoms with Crippen LogP contribution in [0.25, 0.3) is 0 Å². The summed E-state index contributed by atoms with van der Waals surface area (Å²) in [4.78, 5) is 33.7. The topological polar surface area (TPSA) is 156 Å². The van der Waals surface area contributed by atoms with Crippen molar-refractivity contribution < 1.29 is 34.8 Å². The van der Waals surface area contributed by atoms with Crippen LogP contribution in [0.15, 0.2) is 0 Å². The second kappa shape index (κ2) is 19.0. The highest BCUT2D eigenvalue weighted by atomic mass is 16.4. The lowest BCUT2D eigenvalue weighted by atomic mass is 9.87. The maximum absolute atomic E-state index is 11.8. The van der Waals surface area contributed by atoms with Crippen molar-refractivity contribution in [1.29, 1.82) is 0 Å². The minimum absolute atomic E-state index is 0.0373. The van der Waals surface area contributed by atoms with E-state index in [-0.39, 0.29) is 44.2 Å². The van der Waals surface area contributed by atoms with Crippen molar-refractivity contribution in [3.05, 3.63) is 0 Å². The molecule has 0 aromatic rings. The molecule has 0 aromatic heterocycles. The smallest absolute Gasteiger partial charge is 0.303 e. The molecule has 0 bridgehead atoms. The molecular formula is C22H44N2O7. The molecule has 184 valence electrons. The molecule has 0 fully saturated rings. The first-order valence-corrected chi connectivity index (χ1v) is 11.3. The number of aliphatic carboxylic acids is 1. The first-order valence-electron chi connectivity index (χ1n) is 11.3. The summed E-state index contributed by atoms with van der Waals surface area (Å²) < 4.78 is 0. The molecule has 5 atom stereocenters. The summed E-state index contributed by atoms with van der Waals surface area (Å²) >= 11 is 0. The molecule has 0 unspecified atom stereocenters. The van der Waals surface area contributed by atoms with Gasteiger partial charge in [0.15, 0.2) is 0 Å². The summed E-state index contributed by atoms with van der Waals surface area (Å²) in [5.41, 5.74) is 0. The Morgan fingerprint density at radius 2 is 1.32 bits per heavy atom. The maximum Gasteiger partial charge on any atom is 0.303 e. The maximum atomic E-state index is 11.8. The molecule has 0 aliphatic rings. The molecule has 0 aliphatic heterocycles. The van der Waals surface area contributed by atoms with E-state index in [0.717, 1.165) is 0 Å². The van der Waals surface area contributed by atoms with E-state index >= 15 is 0 Å². The van der Waals surface area contributed by atoms with E-state index in [0.29, 0.717) is 12.8 Å². The molecule has 9 nitrogen and oxygen atoms in total. The second-order valence-corrected chi connectivity index (χ2v) is 8.00. The van der Waals surface area contributed by atoms with E-state index in [1.165, 1.54) is 12.8 Å². The largest absolute Gasteiger partial charge is 0.481 e. The standard InChI is InChI=1S/C18H34N2O7.C4H10/c1-4-11(2)16(25)18(27)17(26)12(3)7-8-13(21)20-10-14(22)19-9-5-6-15(23)24;1-3-4-2/h11-12,16-18,25-27H,4-10H2,1-3H3,(H,19,22)(H,20,21)(H,23,24);3-4H2,1-2H3/t11-,12+,16+,17+,18-;/m0./s1. The third kappa shape index (κ3) is 16.6. The van der Waals surface area contributed by atoms with Gasteiger partial charge in [0, 0.05) is 19.4 Å². The normalized spacial score (nSPS) is 15.5. The van der Waals surface area contributed by atoms with Gasteiger partial charge < -0.3 is 31.1 Å². The summed E-state index contributed by atoms with van der Waals surface area (Å²) in [5, 5.41) is 43.6. The van der Waals surface area contributed by atoms with E-state index in [2.05, 4.69) is 24.5 Å². The highest BCUT2D eigenvalue weighted by molar-refractivity contribution is 5.84. The Labute approximate surface area is 186 Å². The van der Waals surface area contributed by atoms with Crippen LogP contribution in [-0.2, 0) is 14.4 Å². The zero-order valence-electron chi connectivity index (χ0n) is 19.8. The third-order valence-electron chi connectivity index (χ3n) is 5.17. The number of amides is 2. The minimum atomic E-state index is -1.28. The van der Waals surface area contributed by atoms with E-state index in [4.69, 9.17) is 5.11 Å². The number of unbranched alkanes of at least 4 members (excludes halogenated alkanes) is 1.